The molecule has 2 aromatic carbocycles. The molecule has 33 heavy (non-hydrogen) atoms. The fraction of sp³-hybridized carbons (Fsp3) is 0.320. The number of ether oxygens (including phenoxy) is 1. The van der Waals surface area contributed by atoms with Crippen LogP contribution in [0.5, 0.6) is 5.75 Å². The quantitative estimate of drug-likeness (QED) is 0.351. The topological polar surface area (TPSA) is 67.9 Å². The minimum atomic E-state index is -4.42. The Morgan fingerprint density at radius 2 is 1.82 bits per heavy atom. The van der Waals surface area contributed by atoms with Crippen molar-refractivity contribution in [2.24, 2.45) is 0 Å². The third-order valence-corrected chi connectivity index (χ3v) is 5.17. The standard InChI is InChI=1S/C25H24F3N3O2/c1-18(32)7-3-2-6-14-33-23-9-5-4-8-20(23)17-31-22(15-29)16-30-24(31)19-10-12-21(13-11-19)25(26,27)28/h4-5,8-13,16H,2-3,6-7,14,17H2,1H3. The Morgan fingerprint density at radius 3 is 2.48 bits per heavy atom. The van der Waals surface area contributed by atoms with E-state index in [1.807, 2.05) is 24.3 Å². The third-order valence-electron chi connectivity index (χ3n) is 5.17. The average molecular weight is 455 g/mol. The maximum Gasteiger partial charge on any atom is 0.416 e. The van der Waals surface area contributed by atoms with E-state index >= 15 is 0 Å². The summed E-state index contributed by atoms with van der Waals surface area (Å²) in [6, 6.07) is 14.2. The molecule has 172 valence electrons. The maximum absolute atomic E-state index is 12.9. The first kappa shape index (κ1) is 24.1. The van der Waals surface area contributed by atoms with Gasteiger partial charge in [0.05, 0.1) is 24.9 Å². The zero-order valence-electron chi connectivity index (χ0n) is 18.2. The molecule has 1 aromatic heterocycles. The van der Waals surface area contributed by atoms with Gasteiger partial charge in [0.2, 0.25) is 0 Å². The summed E-state index contributed by atoms with van der Waals surface area (Å²) in [6.45, 7) is 2.35. The van der Waals surface area contributed by atoms with Gasteiger partial charge in [-0.3, -0.25) is 0 Å². The Morgan fingerprint density at radius 1 is 1.09 bits per heavy atom. The molecule has 0 saturated heterocycles. The van der Waals surface area contributed by atoms with Crippen molar-refractivity contribution in [3.8, 4) is 23.2 Å². The molecular formula is C25H24F3N3O2. The minimum absolute atomic E-state index is 0.179. The Kier molecular flexibility index (Phi) is 7.88. The highest BCUT2D eigenvalue weighted by Gasteiger charge is 2.30. The number of para-hydroxylation sites is 1. The second-order valence-corrected chi connectivity index (χ2v) is 7.71. The van der Waals surface area contributed by atoms with E-state index in [9.17, 15) is 23.2 Å². The fourth-order valence-electron chi connectivity index (χ4n) is 3.44. The van der Waals surface area contributed by atoms with Crippen molar-refractivity contribution in [2.75, 3.05) is 6.61 Å². The molecule has 5 nitrogen and oxygen atoms in total. The lowest BCUT2D eigenvalue weighted by molar-refractivity contribution is -0.137. The van der Waals surface area contributed by atoms with Crippen LogP contribution in [0.25, 0.3) is 11.4 Å². The van der Waals surface area contributed by atoms with Gasteiger partial charge in [-0.05, 0) is 44.4 Å². The van der Waals surface area contributed by atoms with Crippen molar-refractivity contribution in [3.05, 3.63) is 71.5 Å². The van der Waals surface area contributed by atoms with Crippen molar-refractivity contribution in [1.29, 1.82) is 5.26 Å². The molecule has 0 aliphatic carbocycles. The van der Waals surface area contributed by atoms with Crippen LogP contribution in [0.15, 0.2) is 54.7 Å². The lowest BCUT2D eigenvalue weighted by atomic mass is 10.1. The lowest BCUT2D eigenvalue weighted by Gasteiger charge is -2.15. The van der Waals surface area contributed by atoms with Gasteiger partial charge < -0.3 is 14.1 Å². The van der Waals surface area contributed by atoms with Crippen LogP contribution in [-0.2, 0) is 17.5 Å². The average Bonchev–Trinajstić information content (AvgIpc) is 3.19. The van der Waals surface area contributed by atoms with E-state index < -0.39 is 11.7 Å². The number of hydrogen-bond donors (Lipinski definition) is 0. The van der Waals surface area contributed by atoms with E-state index in [0.29, 0.717) is 35.9 Å². The molecule has 0 aliphatic heterocycles. The van der Waals surface area contributed by atoms with Crippen molar-refractivity contribution < 1.29 is 22.7 Å². The van der Waals surface area contributed by atoms with Crippen LogP contribution < -0.4 is 4.74 Å². The van der Waals surface area contributed by atoms with Gasteiger partial charge in [-0.15, -0.1) is 0 Å². The number of alkyl halides is 3. The fourth-order valence-corrected chi connectivity index (χ4v) is 3.44. The molecule has 0 saturated carbocycles. The van der Waals surface area contributed by atoms with Gasteiger partial charge in [0.25, 0.3) is 0 Å². The Hall–Kier alpha value is -3.60. The van der Waals surface area contributed by atoms with Crippen LogP contribution in [0.3, 0.4) is 0 Å². The lowest BCUT2D eigenvalue weighted by Crippen LogP contribution is -2.08. The number of Topliss-reactive ketones (excluding diaryl/α,β-unsaturated/α-hetero) is 1. The summed E-state index contributed by atoms with van der Waals surface area (Å²) in [7, 11) is 0. The number of halogens is 3. The Labute approximate surface area is 190 Å². The number of rotatable bonds is 10. The molecule has 0 atom stereocenters. The second-order valence-electron chi connectivity index (χ2n) is 7.71. The number of nitriles is 1. The van der Waals surface area contributed by atoms with Crippen LogP contribution in [0.4, 0.5) is 13.2 Å². The van der Waals surface area contributed by atoms with Gasteiger partial charge in [-0.1, -0.05) is 30.3 Å². The summed E-state index contributed by atoms with van der Waals surface area (Å²) in [5.41, 5.74) is 0.855. The Balaban J connectivity index is 1.77. The smallest absolute Gasteiger partial charge is 0.416 e. The first-order valence-corrected chi connectivity index (χ1v) is 10.6. The summed E-state index contributed by atoms with van der Waals surface area (Å²) in [5, 5.41) is 9.52. The van der Waals surface area contributed by atoms with Gasteiger partial charge in [0.1, 0.15) is 29.1 Å². The molecule has 3 rings (SSSR count). The van der Waals surface area contributed by atoms with Gasteiger partial charge in [0, 0.05) is 17.5 Å². The largest absolute Gasteiger partial charge is 0.493 e. The molecular weight excluding hydrogens is 431 g/mol. The number of benzene rings is 2. The number of imidazole rings is 1. The van der Waals surface area contributed by atoms with Gasteiger partial charge >= 0.3 is 6.18 Å². The molecule has 0 spiro atoms. The second kappa shape index (κ2) is 10.8. The predicted octanol–water partition coefficient (Wildman–Crippen LogP) is 6.02. The highest BCUT2D eigenvalue weighted by atomic mass is 19.4. The van der Waals surface area contributed by atoms with E-state index in [4.69, 9.17) is 4.74 Å². The minimum Gasteiger partial charge on any atom is -0.493 e. The normalized spacial score (nSPS) is 11.2. The van der Waals surface area contributed by atoms with E-state index in [1.54, 1.807) is 11.5 Å². The number of unbranched alkanes of at least 4 members (excludes halogenated alkanes) is 2. The number of hydrogen-bond acceptors (Lipinski definition) is 4. The SMILES string of the molecule is CC(=O)CCCCCOc1ccccc1Cn1c(C#N)cnc1-c1ccc(C(F)(F)F)cc1. The highest BCUT2D eigenvalue weighted by Crippen LogP contribution is 2.31. The highest BCUT2D eigenvalue weighted by molar-refractivity contribution is 5.75. The summed E-state index contributed by atoms with van der Waals surface area (Å²) in [5.74, 6) is 1.25. The van der Waals surface area contributed by atoms with Crippen LogP contribution in [0, 0.1) is 11.3 Å². The molecule has 0 fully saturated rings. The molecule has 0 aliphatic rings. The number of carbonyl (C=O) groups is 1. The molecule has 0 amide bonds. The van der Waals surface area contributed by atoms with E-state index in [1.165, 1.54) is 18.3 Å². The Bertz CT molecular complexity index is 1130. The molecule has 1 heterocycles. The summed E-state index contributed by atoms with van der Waals surface area (Å²) < 4.78 is 46.3. The van der Waals surface area contributed by atoms with Crippen LogP contribution in [-0.4, -0.2) is 21.9 Å². The van der Waals surface area contributed by atoms with Crippen molar-refractivity contribution >= 4 is 5.78 Å². The van der Waals surface area contributed by atoms with Crippen molar-refractivity contribution in [2.45, 2.75) is 45.3 Å². The van der Waals surface area contributed by atoms with Gasteiger partial charge in [-0.2, -0.15) is 18.4 Å². The zero-order valence-corrected chi connectivity index (χ0v) is 18.2. The summed E-state index contributed by atoms with van der Waals surface area (Å²) >= 11 is 0. The van der Waals surface area contributed by atoms with Gasteiger partial charge in [0.15, 0.2) is 0 Å². The van der Waals surface area contributed by atoms with Crippen LogP contribution >= 0.6 is 0 Å². The first-order valence-electron chi connectivity index (χ1n) is 10.6. The first-order chi connectivity index (χ1) is 15.8. The van der Waals surface area contributed by atoms with E-state index in [0.717, 1.165) is 37.0 Å². The summed E-state index contributed by atoms with van der Waals surface area (Å²) in [4.78, 5) is 15.3. The number of aromatic nitrogens is 2. The van der Waals surface area contributed by atoms with Crippen molar-refractivity contribution in [3.63, 3.8) is 0 Å². The number of carbonyl (C=O) groups excluding carboxylic acids is 1. The predicted molar refractivity (Wildman–Crippen MR) is 118 cm³/mol. The monoisotopic (exact) mass is 455 g/mol. The van der Waals surface area contributed by atoms with Gasteiger partial charge in [-0.25, -0.2) is 4.98 Å². The van der Waals surface area contributed by atoms with Crippen LogP contribution in [0.2, 0.25) is 0 Å². The maximum atomic E-state index is 12.9. The molecule has 8 heteroatoms. The molecule has 0 unspecified atom stereocenters. The summed E-state index contributed by atoms with van der Waals surface area (Å²) in [6.07, 6.45) is 0.0880. The number of ketones is 1. The third kappa shape index (κ3) is 6.45. The van der Waals surface area contributed by atoms with E-state index in [-0.39, 0.29) is 12.3 Å². The molecule has 3 aromatic rings. The molecule has 0 radical (unpaired) electrons. The molecule has 0 N–H and O–H groups in total. The number of nitrogens with zero attached hydrogens (tertiary/aromatic N) is 3. The zero-order chi connectivity index (χ0) is 23.8. The molecule has 0 bridgehead atoms. The van der Waals surface area contributed by atoms with E-state index in [2.05, 4.69) is 11.1 Å². The van der Waals surface area contributed by atoms with Crippen LogP contribution in [0.1, 0.15) is 49.4 Å². The van der Waals surface area contributed by atoms with Crippen molar-refractivity contribution in [1.82, 2.24) is 9.55 Å².